The van der Waals surface area contributed by atoms with Crippen LogP contribution in [0.2, 0.25) is 0 Å². The minimum absolute atomic E-state index is 0.214. The average Bonchev–Trinajstić information content (AvgIpc) is 3.74. The molecule has 0 N–H and O–H groups in total. The topological polar surface area (TPSA) is 19.6 Å². The van der Waals surface area contributed by atoms with Crippen molar-refractivity contribution in [3.8, 4) is 22.3 Å². The van der Waals surface area contributed by atoms with Crippen molar-refractivity contribution in [2.24, 2.45) is 0 Å². The van der Waals surface area contributed by atoms with Gasteiger partial charge < -0.3 is 14.2 Å². The summed E-state index contributed by atoms with van der Waals surface area (Å²) in [6.45, 7) is 9.47. The molecule has 1 aliphatic carbocycles. The van der Waals surface area contributed by atoms with Crippen molar-refractivity contribution < 1.29 is 4.42 Å². The van der Waals surface area contributed by atoms with E-state index < -0.39 is 0 Å². The van der Waals surface area contributed by atoms with Crippen LogP contribution in [0.3, 0.4) is 0 Å². The minimum Gasteiger partial charge on any atom is -0.454 e. The molecule has 274 valence electrons. The maximum absolute atomic E-state index is 7.03. The van der Waals surface area contributed by atoms with Gasteiger partial charge in [-0.15, -0.1) is 0 Å². The van der Waals surface area contributed by atoms with Crippen LogP contribution in [-0.4, -0.2) is 0 Å². The van der Waals surface area contributed by atoms with Gasteiger partial charge in [0.15, 0.2) is 5.58 Å². The Labute approximate surface area is 334 Å². The van der Waals surface area contributed by atoms with Gasteiger partial charge in [-0.25, -0.2) is 0 Å². The molecule has 0 saturated heterocycles. The lowest BCUT2D eigenvalue weighted by molar-refractivity contribution is 0.632. The molecule has 1 aromatic heterocycles. The maximum Gasteiger partial charge on any atom is 0.160 e. The van der Waals surface area contributed by atoms with Crippen molar-refractivity contribution in [2.75, 3.05) is 9.80 Å². The first-order valence-corrected chi connectivity index (χ1v) is 19.9. The molecule has 0 spiro atoms. The number of hydrogen-bond acceptors (Lipinski definition) is 3. The molecule has 0 fully saturated rings. The molecule has 3 nitrogen and oxygen atoms in total. The van der Waals surface area contributed by atoms with Gasteiger partial charge in [-0.05, 0) is 99.6 Å². The second kappa shape index (κ2) is 12.3. The van der Waals surface area contributed by atoms with E-state index in [2.05, 4.69) is 219 Å². The zero-order chi connectivity index (χ0) is 38.5. The van der Waals surface area contributed by atoms with E-state index in [1.807, 2.05) is 0 Å². The summed E-state index contributed by atoms with van der Waals surface area (Å²) >= 11 is 0. The van der Waals surface area contributed by atoms with E-state index in [0.29, 0.717) is 0 Å². The summed E-state index contributed by atoms with van der Waals surface area (Å²) in [4.78, 5) is 4.90. The predicted molar refractivity (Wildman–Crippen MR) is 238 cm³/mol. The molecule has 0 amide bonds. The van der Waals surface area contributed by atoms with Crippen molar-refractivity contribution in [3.05, 3.63) is 204 Å². The van der Waals surface area contributed by atoms with E-state index in [9.17, 15) is 0 Å². The van der Waals surface area contributed by atoms with Gasteiger partial charge in [0.25, 0.3) is 0 Å². The van der Waals surface area contributed by atoms with Crippen molar-refractivity contribution in [1.29, 1.82) is 0 Å². The number of para-hydroxylation sites is 3. The molecule has 9 aromatic rings. The normalized spacial score (nSPS) is 14.6. The Morgan fingerprint density at radius 1 is 0.456 bits per heavy atom. The van der Waals surface area contributed by atoms with Crippen LogP contribution in [0.5, 0.6) is 0 Å². The summed E-state index contributed by atoms with van der Waals surface area (Å²) in [5, 5.41) is 2.26. The highest BCUT2D eigenvalue weighted by atomic mass is 16.3. The summed E-state index contributed by atoms with van der Waals surface area (Å²) < 4.78 is 7.03. The highest BCUT2D eigenvalue weighted by Gasteiger charge is 2.41. The molecule has 0 unspecified atom stereocenters. The van der Waals surface area contributed by atoms with Crippen molar-refractivity contribution in [3.63, 3.8) is 0 Å². The molecule has 0 bridgehead atoms. The third-order valence-electron chi connectivity index (χ3n) is 12.6. The van der Waals surface area contributed by atoms with Gasteiger partial charge >= 0.3 is 0 Å². The fourth-order valence-corrected chi connectivity index (χ4v) is 9.74. The predicted octanol–water partition coefficient (Wildman–Crippen LogP) is 15.1. The SMILES string of the molecule is CC1(C)c2ccccc2N(c2ccccc2)c2ccc(N(c3ccc(-c4ccccc4)cc3)c3c4c(cc5c3oc3ccccc35)C(C)(C)c3ccccc3-4)cc21. The molecule has 0 radical (unpaired) electrons. The summed E-state index contributed by atoms with van der Waals surface area (Å²) in [7, 11) is 0. The zero-order valence-electron chi connectivity index (χ0n) is 32.6. The van der Waals surface area contributed by atoms with Gasteiger partial charge in [0.2, 0.25) is 0 Å². The first-order chi connectivity index (χ1) is 27.8. The van der Waals surface area contributed by atoms with Crippen LogP contribution in [0.15, 0.2) is 186 Å². The number of furan rings is 1. The van der Waals surface area contributed by atoms with Gasteiger partial charge in [0.05, 0.1) is 17.1 Å². The minimum atomic E-state index is -0.280. The highest BCUT2D eigenvalue weighted by molar-refractivity contribution is 6.16. The van der Waals surface area contributed by atoms with Crippen molar-refractivity contribution in [2.45, 2.75) is 38.5 Å². The Kier molecular flexibility index (Phi) is 7.25. The molecule has 0 saturated carbocycles. The lowest BCUT2D eigenvalue weighted by atomic mass is 9.73. The number of rotatable bonds is 5. The second-order valence-electron chi connectivity index (χ2n) is 16.6. The van der Waals surface area contributed by atoms with Crippen LogP contribution in [0.4, 0.5) is 34.1 Å². The number of anilines is 6. The Morgan fingerprint density at radius 2 is 1.05 bits per heavy atom. The molecular weight excluding hydrogens is 693 g/mol. The van der Waals surface area contributed by atoms with Crippen molar-refractivity contribution >= 4 is 56.1 Å². The van der Waals surface area contributed by atoms with E-state index >= 15 is 0 Å². The fourth-order valence-electron chi connectivity index (χ4n) is 9.74. The number of nitrogens with zero attached hydrogens (tertiary/aromatic N) is 2. The van der Waals surface area contributed by atoms with Crippen LogP contribution in [0.1, 0.15) is 49.9 Å². The first-order valence-electron chi connectivity index (χ1n) is 19.9. The molecule has 1 aliphatic heterocycles. The molecule has 2 heterocycles. The Bertz CT molecular complexity index is 3010. The van der Waals surface area contributed by atoms with Gasteiger partial charge in [-0.1, -0.05) is 149 Å². The van der Waals surface area contributed by atoms with E-state index in [1.54, 1.807) is 0 Å². The molecular formula is C54H42N2O. The monoisotopic (exact) mass is 734 g/mol. The number of hydrogen-bond donors (Lipinski definition) is 0. The Hall–Kier alpha value is -6.84. The van der Waals surface area contributed by atoms with E-state index in [0.717, 1.165) is 44.7 Å². The van der Waals surface area contributed by atoms with Gasteiger partial charge in [-0.2, -0.15) is 0 Å². The average molecular weight is 735 g/mol. The Morgan fingerprint density at radius 3 is 1.84 bits per heavy atom. The molecule has 2 aliphatic rings. The molecule has 3 heteroatoms. The maximum atomic E-state index is 7.03. The number of fused-ring (bicyclic) bond motifs is 8. The van der Waals surface area contributed by atoms with E-state index in [-0.39, 0.29) is 10.8 Å². The summed E-state index contributed by atoms with van der Waals surface area (Å²) in [6.07, 6.45) is 0. The summed E-state index contributed by atoms with van der Waals surface area (Å²) in [5.41, 5.74) is 18.1. The van der Waals surface area contributed by atoms with E-state index in [1.165, 1.54) is 55.9 Å². The van der Waals surface area contributed by atoms with Crippen LogP contribution < -0.4 is 9.80 Å². The summed E-state index contributed by atoms with van der Waals surface area (Å²) in [5.74, 6) is 0. The standard InChI is InChI=1S/C54H42N2O/c1-53(2)43-23-13-11-22-41(43)50-46(53)34-42-40-21-12-16-26-49(40)57-52(42)51(50)55(38-29-27-36(28-30-38)35-17-7-5-8-18-35)39-31-32-48-45(33-39)54(3,4)44-24-14-15-25-47(44)56(48)37-19-9-6-10-20-37/h5-34H,1-4H3. The molecule has 8 aromatic carbocycles. The smallest absolute Gasteiger partial charge is 0.160 e. The molecule has 57 heavy (non-hydrogen) atoms. The summed E-state index contributed by atoms with van der Waals surface area (Å²) in [6, 6.07) is 66.2. The van der Waals surface area contributed by atoms with Crippen molar-refractivity contribution in [1.82, 2.24) is 0 Å². The first kappa shape index (κ1) is 33.5. The third-order valence-corrected chi connectivity index (χ3v) is 12.6. The lowest BCUT2D eigenvalue weighted by Crippen LogP contribution is -2.31. The van der Waals surface area contributed by atoms with Crippen LogP contribution in [-0.2, 0) is 10.8 Å². The molecule has 11 rings (SSSR count). The van der Waals surface area contributed by atoms with Crippen LogP contribution in [0.25, 0.3) is 44.2 Å². The van der Waals surface area contributed by atoms with Gasteiger partial charge in [-0.3, -0.25) is 0 Å². The zero-order valence-corrected chi connectivity index (χ0v) is 32.6. The third kappa shape index (κ3) is 4.91. The lowest BCUT2D eigenvalue weighted by Gasteiger charge is -2.42. The second-order valence-corrected chi connectivity index (χ2v) is 16.6. The van der Waals surface area contributed by atoms with Gasteiger partial charge in [0.1, 0.15) is 5.58 Å². The van der Waals surface area contributed by atoms with Crippen LogP contribution >= 0.6 is 0 Å². The molecule has 0 atom stereocenters. The fraction of sp³-hybridized carbons (Fsp3) is 0.111. The van der Waals surface area contributed by atoms with Crippen LogP contribution in [0, 0.1) is 0 Å². The highest BCUT2D eigenvalue weighted by Crippen LogP contribution is 2.59. The largest absolute Gasteiger partial charge is 0.454 e. The quantitative estimate of drug-likeness (QED) is 0.176. The van der Waals surface area contributed by atoms with E-state index in [4.69, 9.17) is 4.42 Å². The Balaban J connectivity index is 1.23. The number of benzene rings is 8. The van der Waals surface area contributed by atoms with Gasteiger partial charge in [0, 0.05) is 44.2 Å².